The van der Waals surface area contributed by atoms with E-state index in [4.69, 9.17) is 14.2 Å². The van der Waals surface area contributed by atoms with Crippen LogP contribution in [0, 0.1) is 0 Å². The van der Waals surface area contributed by atoms with Crippen molar-refractivity contribution in [2.45, 2.75) is 277 Å². The van der Waals surface area contributed by atoms with Gasteiger partial charge in [-0.05, 0) is 77.0 Å². The van der Waals surface area contributed by atoms with E-state index in [1.165, 1.54) is 109 Å². The number of hydrogen-bond donors (Lipinski definition) is 0. The highest BCUT2D eigenvalue weighted by Crippen LogP contribution is 2.15. The Morgan fingerprint density at radius 3 is 0.897 bits per heavy atom. The van der Waals surface area contributed by atoms with Crippen molar-refractivity contribution in [3.8, 4) is 0 Å². The molecule has 0 fully saturated rings. The normalized spacial score (nSPS) is 12.7. The fourth-order valence-electron chi connectivity index (χ4n) is 7.89. The molecule has 0 heterocycles. The Labute approximate surface area is 420 Å². The van der Waals surface area contributed by atoms with Crippen LogP contribution in [0.5, 0.6) is 0 Å². The molecule has 0 saturated heterocycles. The standard InChI is InChI=1S/C62H106O6/c1-4-7-10-13-16-19-21-23-25-26-27-28-29-30-31-32-33-34-35-36-37-39-40-43-46-49-52-55-61(64)67-58-59(57-66-60(63)54-51-48-45-42-18-15-12-9-6-3)68-62(65)56-53-50-47-44-41-38-24-22-20-17-14-11-8-5-2/h7,10,16,19,23,25,27-28,30-31,33-34,36-37,59H,4-6,8-9,11-15,17-18,20-22,24,26,29,32,35,38-58H2,1-3H3/b10-7-,19-16-,25-23-,28-27-,31-30-,34-33-,37-36-. The van der Waals surface area contributed by atoms with E-state index in [1.54, 1.807) is 0 Å². The van der Waals surface area contributed by atoms with Crippen molar-refractivity contribution < 1.29 is 28.6 Å². The molecule has 0 aliphatic rings. The zero-order valence-corrected chi connectivity index (χ0v) is 44.6. The lowest BCUT2D eigenvalue weighted by Gasteiger charge is -2.18. The van der Waals surface area contributed by atoms with Gasteiger partial charge >= 0.3 is 17.9 Å². The largest absolute Gasteiger partial charge is 0.462 e. The molecule has 0 aliphatic heterocycles. The molecule has 6 heteroatoms. The van der Waals surface area contributed by atoms with Gasteiger partial charge in [-0.3, -0.25) is 14.4 Å². The van der Waals surface area contributed by atoms with Crippen molar-refractivity contribution >= 4 is 17.9 Å². The van der Waals surface area contributed by atoms with Crippen LogP contribution in [0.4, 0.5) is 0 Å². The highest BCUT2D eigenvalue weighted by atomic mass is 16.6. The van der Waals surface area contributed by atoms with E-state index in [0.29, 0.717) is 19.3 Å². The predicted molar refractivity (Wildman–Crippen MR) is 293 cm³/mol. The summed E-state index contributed by atoms with van der Waals surface area (Å²) < 4.78 is 16.8. The van der Waals surface area contributed by atoms with Gasteiger partial charge in [-0.25, -0.2) is 0 Å². The lowest BCUT2D eigenvalue weighted by atomic mass is 10.0. The van der Waals surface area contributed by atoms with Crippen molar-refractivity contribution in [2.75, 3.05) is 13.2 Å². The average molecular weight is 948 g/mol. The number of hydrogen-bond acceptors (Lipinski definition) is 6. The first-order valence-corrected chi connectivity index (χ1v) is 28.6. The first-order valence-electron chi connectivity index (χ1n) is 28.6. The van der Waals surface area contributed by atoms with Gasteiger partial charge in [0, 0.05) is 19.3 Å². The lowest BCUT2D eigenvalue weighted by molar-refractivity contribution is -0.167. The third kappa shape index (κ3) is 53.5. The molecule has 6 nitrogen and oxygen atoms in total. The van der Waals surface area contributed by atoms with Crippen LogP contribution in [0.3, 0.4) is 0 Å². The van der Waals surface area contributed by atoms with E-state index in [2.05, 4.69) is 106 Å². The molecular weight excluding hydrogens is 841 g/mol. The van der Waals surface area contributed by atoms with E-state index >= 15 is 0 Å². The molecule has 0 aromatic heterocycles. The Bertz CT molecular complexity index is 1320. The van der Waals surface area contributed by atoms with Crippen molar-refractivity contribution in [3.05, 3.63) is 85.1 Å². The fourth-order valence-corrected chi connectivity index (χ4v) is 7.89. The Morgan fingerprint density at radius 1 is 0.309 bits per heavy atom. The number of carbonyl (C=O) groups is 3. The first-order chi connectivity index (χ1) is 33.5. The van der Waals surface area contributed by atoms with Crippen LogP contribution in [0.25, 0.3) is 0 Å². The predicted octanol–water partition coefficient (Wildman–Crippen LogP) is 19.2. The molecule has 1 unspecified atom stereocenters. The maximum atomic E-state index is 12.8. The molecule has 0 aromatic rings. The molecule has 0 N–H and O–H groups in total. The molecule has 1 atom stereocenters. The zero-order valence-electron chi connectivity index (χ0n) is 44.6. The third-order valence-corrected chi connectivity index (χ3v) is 12.2. The maximum Gasteiger partial charge on any atom is 0.306 e. The SMILES string of the molecule is CC/C=C\C/C=C\C/C=C\C/C=C\C/C=C\C/C=C\C/C=C\CCCCCCCC(=O)OCC(COC(=O)CCCCCCCCCCC)OC(=O)CCCCCCCCCCCCCCCC. The number of rotatable bonds is 51. The van der Waals surface area contributed by atoms with Gasteiger partial charge in [0.15, 0.2) is 6.10 Å². The van der Waals surface area contributed by atoms with Gasteiger partial charge in [0.05, 0.1) is 0 Å². The molecular formula is C62H106O6. The van der Waals surface area contributed by atoms with Crippen molar-refractivity contribution in [1.82, 2.24) is 0 Å². The fraction of sp³-hybridized carbons (Fsp3) is 0.726. The number of unbranched alkanes of at least 4 members (excludes halogenated alkanes) is 26. The summed E-state index contributed by atoms with van der Waals surface area (Å²) >= 11 is 0. The number of esters is 3. The maximum absolute atomic E-state index is 12.8. The molecule has 0 aromatic carbocycles. The smallest absolute Gasteiger partial charge is 0.306 e. The van der Waals surface area contributed by atoms with Crippen molar-refractivity contribution in [1.29, 1.82) is 0 Å². The Hall–Kier alpha value is -3.41. The number of allylic oxidation sites excluding steroid dienone is 14. The number of ether oxygens (including phenoxy) is 3. The van der Waals surface area contributed by atoms with Gasteiger partial charge in [-0.2, -0.15) is 0 Å². The Morgan fingerprint density at radius 2 is 0.574 bits per heavy atom. The molecule has 0 bridgehead atoms. The third-order valence-electron chi connectivity index (χ3n) is 12.2. The zero-order chi connectivity index (χ0) is 49.3. The molecule has 68 heavy (non-hydrogen) atoms. The van der Waals surface area contributed by atoms with Crippen LogP contribution in [-0.4, -0.2) is 37.2 Å². The van der Waals surface area contributed by atoms with Gasteiger partial charge < -0.3 is 14.2 Å². The molecule has 0 spiro atoms. The van der Waals surface area contributed by atoms with E-state index < -0.39 is 6.10 Å². The summed E-state index contributed by atoms with van der Waals surface area (Å²) in [6.45, 7) is 6.50. The average Bonchev–Trinajstić information content (AvgIpc) is 3.34. The molecule has 0 aliphatic carbocycles. The second-order valence-corrected chi connectivity index (χ2v) is 18.8. The summed E-state index contributed by atoms with van der Waals surface area (Å²) in [5.41, 5.74) is 0. The lowest BCUT2D eigenvalue weighted by Crippen LogP contribution is -2.30. The van der Waals surface area contributed by atoms with Crippen LogP contribution in [-0.2, 0) is 28.6 Å². The molecule has 0 saturated carbocycles. The van der Waals surface area contributed by atoms with Gasteiger partial charge in [-0.15, -0.1) is 0 Å². The minimum atomic E-state index is -0.780. The minimum Gasteiger partial charge on any atom is -0.462 e. The van der Waals surface area contributed by atoms with Crippen LogP contribution in [0.1, 0.15) is 271 Å². The first kappa shape index (κ1) is 64.6. The quantitative estimate of drug-likeness (QED) is 0.0262. The Balaban J connectivity index is 4.27. The van der Waals surface area contributed by atoms with Crippen molar-refractivity contribution in [2.24, 2.45) is 0 Å². The van der Waals surface area contributed by atoms with E-state index in [0.717, 1.165) is 122 Å². The van der Waals surface area contributed by atoms with Gasteiger partial charge in [-0.1, -0.05) is 260 Å². The van der Waals surface area contributed by atoms with Gasteiger partial charge in [0.1, 0.15) is 13.2 Å². The monoisotopic (exact) mass is 947 g/mol. The summed E-state index contributed by atoms with van der Waals surface area (Å²) in [5.74, 6) is -0.896. The van der Waals surface area contributed by atoms with E-state index in [1.807, 2.05) is 0 Å². The summed E-state index contributed by atoms with van der Waals surface area (Å²) in [6.07, 6.45) is 72.9. The summed E-state index contributed by atoms with van der Waals surface area (Å²) in [7, 11) is 0. The van der Waals surface area contributed by atoms with Crippen LogP contribution < -0.4 is 0 Å². The van der Waals surface area contributed by atoms with Gasteiger partial charge in [0.2, 0.25) is 0 Å². The van der Waals surface area contributed by atoms with E-state index in [9.17, 15) is 14.4 Å². The van der Waals surface area contributed by atoms with Crippen molar-refractivity contribution in [3.63, 3.8) is 0 Å². The molecule has 0 amide bonds. The summed E-state index contributed by atoms with van der Waals surface area (Å²) in [6, 6.07) is 0. The minimum absolute atomic E-state index is 0.0795. The second-order valence-electron chi connectivity index (χ2n) is 18.8. The topological polar surface area (TPSA) is 78.9 Å². The highest BCUT2D eigenvalue weighted by molar-refractivity contribution is 5.71. The summed E-state index contributed by atoms with van der Waals surface area (Å²) in [4.78, 5) is 38.0. The van der Waals surface area contributed by atoms with Crippen LogP contribution in [0.15, 0.2) is 85.1 Å². The van der Waals surface area contributed by atoms with Crippen LogP contribution >= 0.6 is 0 Å². The molecule has 390 valence electrons. The van der Waals surface area contributed by atoms with E-state index in [-0.39, 0.29) is 31.1 Å². The highest BCUT2D eigenvalue weighted by Gasteiger charge is 2.19. The van der Waals surface area contributed by atoms with Crippen LogP contribution in [0.2, 0.25) is 0 Å². The molecule has 0 rings (SSSR count). The Kier molecular flexibility index (Phi) is 53.4. The molecule has 0 radical (unpaired) electrons. The van der Waals surface area contributed by atoms with Gasteiger partial charge in [0.25, 0.3) is 0 Å². The second kappa shape index (κ2) is 56.2. The summed E-state index contributed by atoms with van der Waals surface area (Å²) in [5, 5.41) is 0. The number of carbonyl (C=O) groups excluding carboxylic acids is 3.